The van der Waals surface area contributed by atoms with Crippen LogP contribution in [0.1, 0.15) is 27.7 Å². The van der Waals surface area contributed by atoms with Crippen LogP contribution in [0.3, 0.4) is 0 Å². The van der Waals surface area contributed by atoms with Gasteiger partial charge in [0.05, 0.1) is 0 Å². The van der Waals surface area contributed by atoms with E-state index in [-0.39, 0.29) is 0 Å². The van der Waals surface area contributed by atoms with Gasteiger partial charge in [0.1, 0.15) is 0 Å². The van der Waals surface area contributed by atoms with Crippen molar-refractivity contribution in [2.75, 3.05) is 25.5 Å². The first-order valence-corrected chi connectivity index (χ1v) is 7.56. The third-order valence-corrected chi connectivity index (χ3v) is 6.28. The monoisotopic (exact) mass is 300 g/mol. The normalized spacial score (nSPS) is 13.9. The van der Waals surface area contributed by atoms with E-state index in [0.717, 1.165) is 0 Å². The second-order valence-electron chi connectivity index (χ2n) is 4.01. The summed E-state index contributed by atoms with van der Waals surface area (Å²) in [5, 5.41) is 0.608. The predicted molar refractivity (Wildman–Crippen MR) is 67.5 cm³/mol. The molecule has 0 saturated carbocycles. The van der Waals surface area contributed by atoms with Crippen LogP contribution in [0.15, 0.2) is 0 Å². The van der Waals surface area contributed by atoms with E-state index in [1.54, 1.807) is 7.05 Å². The fourth-order valence-corrected chi connectivity index (χ4v) is 3.35. The van der Waals surface area contributed by atoms with E-state index in [0.29, 0.717) is 18.4 Å². The lowest BCUT2D eigenvalue weighted by Gasteiger charge is -2.36. The third-order valence-electron chi connectivity index (χ3n) is 2.56. The zero-order valence-electron chi connectivity index (χ0n) is 10.1. The Morgan fingerprint density at radius 2 is 1.60 bits per heavy atom. The zero-order valence-corrected chi connectivity index (χ0v) is 12.5. The SMILES string of the molecule is CCN(CC)S(=O)(=O)N(C)C(C)(C)CBr. The van der Waals surface area contributed by atoms with Gasteiger partial charge in [-0.3, -0.25) is 0 Å². The first kappa shape index (κ1) is 15.3. The smallest absolute Gasteiger partial charge is 0.195 e. The van der Waals surface area contributed by atoms with Gasteiger partial charge >= 0.3 is 0 Å². The lowest BCUT2D eigenvalue weighted by Crippen LogP contribution is -2.52. The molecule has 0 spiro atoms. The minimum Gasteiger partial charge on any atom is -0.195 e. The molecule has 0 aliphatic carbocycles. The van der Waals surface area contributed by atoms with Gasteiger partial charge in [0.25, 0.3) is 10.2 Å². The summed E-state index contributed by atoms with van der Waals surface area (Å²) < 4.78 is 27.1. The van der Waals surface area contributed by atoms with Crippen LogP contribution in [0.5, 0.6) is 0 Å². The second-order valence-corrected chi connectivity index (χ2v) is 6.53. The van der Waals surface area contributed by atoms with Crippen molar-refractivity contribution in [1.82, 2.24) is 8.61 Å². The maximum atomic E-state index is 12.1. The van der Waals surface area contributed by atoms with Gasteiger partial charge in [-0.25, -0.2) is 0 Å². The number of nitrogens with zero attached hydrogens (tertiary/aromatic N) is 2. The van der Waals surface area contributed by atoms with Crippen LogP contribution in [-0.4, -0.2) is 48.0 Å². The maximum Gasteiger partial charge on any atom is 0.282 e. The number of rotatable bonds is 6. The molecule has 0 bridgehead atoms. The molecule has 0 N–H and O–H groups in total. The summed E-state index contributed by atoms with van der Waals surface area (Å²) in [5.74, 6) is 0. The molecule has 0 aliphatic rings. The van der Waals surface area contributed by atoms with Gasteiger partial charge in [0.15, 0.2) is 0 Å². The van der Waals surface area contributed by atoms with Crippen LogP contribution >= 0.6 is 15.9 Å². The van der Waals surface area contributed by atoms with Crippen LogP contribution in [0.4, 0.5) is 0 Å². The molecule has 0 amide bonds. The Labute approximate surface area is 102 Å². The summed E-state index contributed by atoms with van der Waals surface area (Å²) >= 11 is 3.33. The van der Waals surface area contributed by atoms with Crippen molar-refractivity contribution in [3.8, 4) is 0 Å². The first-order chi connectivity index (χ1) is 6.73. The van der Waals surface area contributed by atoms with Crippen molar-refractivity contribution < 1.29 is 8.42 Å². The molecule has 0 unspecified atom stereocenters. The van der Waals surface area contributed by atoms with E-state index in [1.807, 2.05) is 27.7 Å². The van der Waals surface area contributed by atoms with Crippen LogP contribution in [0.25, 0.3) is 0 Å². The Bertz CT molecular complexity index is 286. The van der Waals surface area contributed by atoms with Crippen LogP contribution in [-0.2, 0) is 10.2 Å². The van der Waals surface area contributed by atoms with Crippen molar-refractivity contribution in [2.24, 2.45) is 0 Å². The highest BCUT2D eigenvalue weighted by molar-refractivity contribution is 9.09. The molecule has 0 radical (unpaired) electrons. The van der Waals surface area contributed by atoms with Crippen molar-refractivity contribution in [3.05, 3.63) is 0 Å². The van der Waals surface area contributed by atoms with E-state index >= 15 is 0 Å². The van der Waals surface area contributed by atoms with E-state index in [2.05, 4.69) is 15.9 Å². The summed E-state index contributed by atoms with van der Waals surface area (Å²) in [6.45, 7) is 8.47. The molecule has 0 atom stereocenters. The molecule has 0 aliphatic heterocycles. The standard InChI is InChI=1S/C9H21BrN2O2S/c1-6-12(7-2)15(13,14)11(5)9(3,4)8-10/h6-8H2,1-5H3. The van der Waals surface area contributed by atoms with Crippen molar-refractivity contribution in [3.63, 3.8) is 0 Å². The van der Waals surface area contributed by atoms with Crippen LogP contribution in [0, 0.1) is 0 Å². The van der Waals surface area contributed by atoms with Crippen LogP contribution < -0.4 is 0 Å². The molecule has 0 aromatic carbocycles. The predicted octanol–water partition coefficient (Wildman–Crippen LogP) is 1.68. The Morgan fingerprint density at radius 1 is 1.20 bits per heavy atom. The molecule has 0 aromatic rings. The highest BCUT2D eigenvalue weighted by atomic mass is 79.9. The minimum absolute atomic E-state index is 0.415. The number of halogens is 1. The minimum atomic E-state index is -3.33. The molecule has 0 saturated heterocycles. The van der Waals surface area contributed by atoms with Gasteiger partial charge in [-0.2, -0.15) is 17.0 Å². The quantitative estimate of drug-likeness (QED) is 0.700. The Balaban J connectivity index is 5.04. The summed E-state index contributed by atoms with van der Waals surface area (Å²) in [5.41, 5.74) is -0.415. The molecular formula is C9H21BrN2O2S. The van der Waals surface area contributed by atoms with Crippen molar-refractivity contribution in [2.45, 2.75) is 33.2 Å². The second kappa shape index (κ2) is 5.61. The van der Waals surface area contributed by atoms with E-state index in [9.17, 15) is 8.42 Å². The Kier molecular flexibility index (Phi) is 5.74. The number of hydrogen-bond donors (Lipinski definition) is 0. The van der Waals surface area contributed by atoms with Gasteiger partial charge in [0, 0.05) is 31.0 Å². The molecule has 0 rings (SSSR count). The average Bonchev–Trinajstić information content (AvgIpc) is 2.18. The van der Waals surface area contributed by atoms with Crippen molar-refractivity contribution >= 4 is 26.1 Å². The van der Waals surface area contributed by atoms with Gasteiger partial charge in [-0.1, -0.05) is 29.8 Å². The molecule has 4 nitrogen and oxygen atoms in total. The van der Waals surface area contributed by atoms with Gasteiger partial charge in [-0.05, 0) is 13.8 Å². The molecule has 92 valence electrons. The highest BCUT2D eigenvalue weighted by Crippen LogP contribution is 2.21. The van der Waals surface area contributed by atoms with Gasteiger partial charge in [-0.15, -0.1) is 0 Å². The van der Waals surface area contributed by atoms with E-state index < -0.39 is 15.7 Å². The maximum absolute atomic E-state index is 12.1. The Morgan fingerprint density at radius 3 is 1.87 bits per heavy atom. The topological polar surface area (TPSA) is 40.6 Å². The first-order valence-electron chi connectivity index (χ1n) is 5.04. The lowest BCUT2D eigenvalue weighted by molar-refractivity contribution is 0.271. The summed E-state index contributed by atoms with van der Waals surface area (Å²) in [4.78, 5) is 0. The fraction of sp³-hybridized carbons (Fsp3) is 1.00. The largest absolute Gasteiger partial charge is 0.282 e. The van der Waals surface area contributed by atoms with Gasteiger partial charge < -0.3 is 0 Å². The molecule has 0 fully saturated rings. The third kappa shape index (κ3) is 3.41. The Hall–Kier alpha value is 0.350. The van der Waals surface area contributed by atoms with E-state index in [1.165, 1.54) is 8.61 Å². The molecule has 15 heavy (non-hydrogen) atoms. The molecule has 0 heterocycles. The fourth-order valence-electron chi connectivity index (χ4n) is 1.12. The molecular weight excluding hydrogens is 280 g/mol. The summed E-state index contributed by atoms with van der Waals surface area (Å²) in [6, 6.07) is 0. The molecule has 6 heteroatoms. The van der Waals surface area contributed by atoms with Crippen molar-refractivity contribution in [1.29, 1.82) is 0 Å². The molecule has 0 aromatic heterocycles. The highest BCUT2D eigenvalue weighted by Gasteiger charge is 2.34. The lowest BCUT2D eigenvalue weighted by atomic mass is 10.1. The summed E-state index contributed by atoms with van der Waals surface area (Å²) in [6.07, 6.45) is 0. The van der Waals surface area contributed by atoms with Crippen LogP contribution in [0.2, 0.25) is 0 Å². The number of alkyl halides is 1. The van der Waals surface area contributed by atoms with Gasteiger partial charge in [0.2, 0.25) is 0 Å². The summed E-state index contributed by atoms with van der Waals surface area (Å²) in [7, 11) is -1.71. The average molecular weight is 301 g/mol. The van der Waals surface area contributed by atoms with E-state index in [4.69, 9.17) is 0 Å². The number of hydrogen-bond acceptors (Lipinski definition) is 2. The zero-order chi connectivity index (χ0) is 12.3.